The molecule has 4 nitrogen and oxygen atoms in total. The summed E-state index contributed by atoms with van der Waals surface area (Å²) >= 11 is 0. The molecule has 0 amide bonds. The summed E-state index contributed by atoms with van der Waals surface area (Å²) in [6.45, 7) is 0.622. The van der Waals surface area contributed by atoms with Crippen molar-refractivity contribution in [3.8, 4) is 0 Å². The molecule has 0 spiro atoms. The zero-order valence-electron chi connectivity index (χ0n) is 15.4. The number of unbranched alkanes of at least 4 members (excludes halogenated alkanes) is 7. The highest BCUT2D eigenvalue weighted by Gasteiger charge is 2.32. The molecule has 0 aliphatic carbocycles. The molecule has 3 N–H and O–H groups in total. The second-order valence-corrected chi connectivity index (χ2v) is 6.18. The van der Waals surface area contributed by atoms with E-state index in [1.165, 1.54) is 51.0 Å². The fourth-order valence-corrected chi connectivity index (χ4v) is 2.15. The van der Waals surface area contributed by atoms with Crippen LogP contribution < -0.4 is 0 Å². The number of aliphatic hydroxyl groups excluding tert-OH is 2. The first-order valence-electron chi connectivity index (χ1n) is 9.25. The maximum absolute atomic E-state index is 11.5. The highest BCUT2D eigenvalue weighted by molar-refractivity contribution is 5.97. The zero-order chi connectivity index (χ0) is 18.8. The van der Waals surface area contributed by atoms with Crippen LogP contribution in [0.5, 0.6) is 0 Å². The van der Waals surface area contributed by atoms with Crippen molar-refractivity contribution in [3.63, 3.8) is 0 Å². The second-order valence-electron chi connectivity index (χ2n) is 6.18. The largest absolute Gasteiger partial charge is 0.393 e. The summed E-state index contributed by atoms with van der Waals surface area (Å²) in [4.78, 5) is 11.5. The summed E-state index contributed by atoms with van der Waals surface area (Å²) in [5.41, 5.74) is -2.10. The van der Waals surface area contributed by atoms with Gasteiger partial charge in [-0.2, -0.15) is 0 Å². The van der Waals surface area contributed by atoms with Crippen LogP contribution in [-0.4, -0.2) is 39.9 Å². The van der Waals surface area contributed by atoms with E-state index in [1.807, 2.05) is 18.2 Å². The molecule has 0 saturated carbocycles. The van der Waals surface area contributed by atoms with Crippen LogP contribution in [0.15, 0.2) is 48.6 Å². The van der Waals surface area contributed by atoms with Crippen LogP contribution in [0, 0.1) is 0 Å². The van der Waals surface area contributed by atoms with Crippen molar-refractivity contribution >= 4 is 5.78 Å². The second kappa shape index (κ2) is 16.0. The first-order chi connectivity index (χ1) is 12.1. The third-order valence-electron chi connectivity index (χ3n) is 3.90. The van der Waals surface area contributed by atoms with Crippen LogP contribution in [0.1, 0.15) is 58.3 Å². The molecule has 0 rings (SSSR count). The van der Waals surface area contributed by atoms with E-state index < -0.39 is 24.6 Å². The quantitative estimate of drug-likeness (QED) is 0.239. The summed E-state index contributed by atoms with van der Waals surface area (Å²) in [6.07, 6.45) is 24.2. The van der Waals surface area contributed by atoms with Crippen molar-refractivity contribution in [2.45, 2.75) is 63.9 Å². The molecule has 0 aliphatic heterocycles. The zero-order valence-corrected chi connectivity index (χ0v) is 15.4. The Morgan fingerprint density at radius 3 is 1.92 bits per heavy atom. The van der Waals surface area contributed by atoms with Crippen LogP contribution >= 0.6 is 0 Å². The van der Waals surface area contributed by atoms with Gasteiger partial charge in [0.25, 0.3) is 0 Å². The number of aliphatic hydroxyl groups is 3. The molecule has 0 unspecified atom stereocenters. The lowest BCUT2D eigenvalue weighted by Crippen LogP contribution is -2.45. The van der Waals surface area contributed by atoms with E-state index in [0.717, 1.165) is 12.5 Å². The molecule has 25 heavy (non-hydrogen) atoms. The molecule has 0 radical (unpaired) electrons. The third-order valence-corrected chi connectivity index (χ3v) is 3.90. The van der Waals surface area contributed by atoms with Crippen LogP contribution in [0.2, 0.25) is 0 Å². The molecule has 0 saturated heterocycles. The Balaban J connectivity index is 3.81. The van der Waals surface area contributed by atoms with Gasteiger partial charge < -0.3 is 15.3 Å². The van der Waals surface area contributed by atoms with Gasteiger partial charge >= 0.3 is 0 Å². The minimum atomic E-state index is -2.10. The van der Waals surface area contributed by atoms with Crippen molar-refractivity contribution in [3.05, 3.63) is 48.6 Å². The highest BCUT2D eigenvalue weighted by atomic mass is 16.4. The van der Waals surface area contributed by atoms with Crippen LogP contribution in [0.3, 0.4) is 0 Å². The van der Waals surface area contributed by atoms with Crippen molar-refractivity contribution in [1.82, 2.24) is 0 Å². The van der Waals surface area contributed by atoms with E-state index in [0.29, 0.717) is 0 Å². The van der Waals surface area contributed by atoms with E-state index >= 15 is 0 Å². The van der Waals surface area contributed by atoms with E-state index in [1.54, 1.807) is 12.2 Å². The Bertz CT molecular complexity index is 443. The summed E-state index contributed by atoms with van der Waals surface area (Å²) in [6, 6.07) is 0. The first kappa shape index (κ1) is 23.5. The number of allylic oxidation sites excluding steroid dienone is 7. The summed E-state index contributed by atoms with van der Waals surface area (Å²) in [5, 5.41) is 27.3. The number of carbonyl (C=O) groups is 1. The molecule has 142 valence electrons. The van der Waals surface area contributed by atoms with Crippen LogP contribution in [-0.2, 0) is 4.79 Å². The van der Waals surface area contributed by atoms with Crippen LogP contribution in [0.4, 0.5) is 0 Å². The van der Waals surface area contributed by atoms with Gasteiger partial charge in [-0.3, -0.25) is 4.79 Å². The Morgan fingerprint density at radius 1 is 0.800 bits per heavy atom. The molecular formula is C21H34O4. The van der Waals surface area contributed by atoms with Gasteiger partial charge in [0.15, 0.2) is 11.4 Å². The molecule has 0 aromatic rings. The number of hydrogen-bond acceptors (Lipinski definition) is 4. The Morgan fingerprint density at radius 2 is 1.32 bits per heavy atom. The van der Waals surface area contributed by atoms with Gasteiger partial charge in [-0.05, 0) is 18.9 Å². The van der Waals surface area contributed by atoms with Gasteiger partial charge in [0, 0.05) is 0 Å². The van der Waals surface area contributed by atoms with Crippen molar-refractivity contribution < 1.29 is 20.1 Å². The highest BCUT2D eigenvalue weighted by Crippen LogP contribution is 2.08. The Labute approximate surface area is 152 Å². The molecule has 0 aromatic carbocycles. The van der Waals surface area contributed by atoms with Gasteiger partial charge in [0.2, 0.25) is 0 Å². The standard InChI is InChI=1S/C21H34O4/c1-2-3-4-5-6-7-8-9-10-11-12-13-14-15-16-17-20(24)21(25,18-22)19-23/h10-17,22-23,25H,2-9,18-19H2,1H3. The normalized spacial score (nSPS) is 13.1. The van der Waals surface area contributed by atoms with Crippen molar-refractivity contribution in [2.75, 3.05) is 13.2 Å². The lowest BCUT2D eigenvalue weighted by molar-refractivity contribution is -0.141. The fraction of sp³-hybridized carbons (Fsp3) is 0.571. The molecule has 0 aromatic heterocycles. The average molecular weight is 350 g/mol. The first-order valence-corrected chi connectivity index (χ1v) is 9.25. The van der Waals surface area contributed by atoms with Gasteiger partial charge in [0.05, 0.1) is 13.2 Å². The van der Waals surface area contributed by atoms with Crippen LogP contribution in [0.25, 0.3) is 0 Å². The molecule has 0 heterocycles. The summed E-state index contributed by atoms with van der Waals surface area (Å²) in [5.74, 6) is -0.722. The van der Waals surface area contributed by atoms with E-state index in [9.17, 15) is 9.90 Å². The van der Waals surface area contributed by atoms with Gasteiger partial charge in [-0.15, -0.1) is 0 Å². The SMILES string of the molecule is CCCCCCCCCC=CC=CC=CC=CC(=O)C(O)(CO)CO. The molecule has 0 atom stereocenters. The minimum Gasteiger partial charge on any atom is -0.393 e. The van der Waals surface area contributed by atoms with Crippen molar-refractivity contribution in [1.29, 1.82) is 0 Å². The number of ketones is 1. The topological polar surface area (TPSA) is 77.8 Å². The van der Waals surface area contributed by atoms with E-state index in [4.69, 9.17) is 10.2 Å². The number of carbonyl (C=O) groups excluding carboxylic acids is 1. The van der Waals surface area contributed by atoms with E-state index in [-0.39, 0.29) is 0 Å². The molecule has 4 heteroatoms. The van der Waals surface area contributed by atoms with Gasteiger partial charge in [-0.25, -0.2) is 0 Å². The monoisotopic (exact) mass is 350 g/mol. The number of hydrogen-bond donors (Lipinski definition) is 3. The number of rotatable bonds is 15. The van der Waals surface area contributed by atoms with E-state index in [2.05, 4.69) is 13.0 Å². The maximum atomic E-state index is 11.5. The Kier molecular flexibility index (Phi) is 15.1. The molecular weight excluding hydrogens is 316 g/mol. The summed E-state index contributed by atoms with van der Waals surface area (Å²) < 4.78 is 0. The van der Waals surface area contributed by atoms with Gasteiger partial charge in [-0.1, -0.05) is 88.0 Å². The molecule has 0 bridgehead atoms. The predicted octanol–water partition coefficient (Wildman–Crippen LogP) is 3.64. The lowest BCUT2D eigenvalue weighted by Gasteiger charge is -2.18. The fourth-order valence-electron chi connectivity index (χ4n) is 2.15. The maximum Gasteiger partial charge on any atom is 0.191 e. The molecule has 0 fully saturated rings. The molecule has 0 aliphatic rings. The third kappa shape index (κ3) is 12.5. The Hall–Kier alpha value is -1.49. The lowest BCUT2D eigenvalue weighted by atomic mass is 10.0. The van der Waals surface area contributed by atoms with Crippen molar-refractivity contribution in [2.24, 2.45) is 0 Å². The minimum absolute atomic E-state index is 0.722. The average Bonchev–Trinajstić information content (AvgIpc) is 2.63. The summed E-state index contributed by atoms with van der Waals surface area (Å²) in [7, 11) is 0. The van der Waals surface area contributed by atoms with Gasteiger partial charge in [0.1, 0.15) is 0 Å². The predicted molar refractivity (Wildman–Crippen MR) is 103 cm³/mol. The smallest absolute Gasteiger partial charge is 0.191 e.